The van der Waals surface area contributed by atoms with E-state index in [4.69, 9.17) is 0 Å². The van der Waals surface area contributed by atoms with Crippen LogP contribution < -0.4 is 10.6 Å². The summed E-state index contributed by atoms with van der Waals surface area (Å²) in [5.41, 5.74) is 0.628. The van der Waals surface area contributed by atoms with Gasteiger partial charge >= 0.3 is 0 Å². The van der Waals surface area contributed by atoms with E-state index in [2.05, 4.69) is 20.3 Å². The van der Waals surface area contributed by atoms with Crippen molar-refractivity contribution in [3.8, 4) is 0 Å². The molecule has 0 aliphatic heterocycles. The molecule has 1 aromatic rings. The molecule has 14 heavy (non-hydrogen) atoms. The van der Waals surface area contributed by atoms with Gasteiger partial charge in [0.1, 0.15) is 12.0 Å². The maximum absolute atomic E-state index is 11.5. The first-order valence-corrected chi connectivity index (χ1v) is 4.67. The third-order valence-electron chi connectivity index (χ3n) is 2.62. The molecule has 1 amide bonds. The molecule has 5 heteroatoms. The number of amides is 1. The molecular formula is C9H13N3O2. The molecule has 1 saturated carbocycles. The topological polar surface area (TPSA) is 67.2 Å². The molecule has 1 aliphatic rings. The second-order valence-electron chi connectivity index (χ2n) is 3.56. The molecule has 0 atom stereocenters. The Balaban J connectivity index is 1.80. The molecular weight excluding hydrogens is 182 g/mol. The summed E-state index contributed by atoms with van der Waals surface area (Å²) in [6.45, 7) is 0. The fraction of sp³-hybridized carbons (Fsp3) is 0.556. The largest absolute Gasteiger partial charge is 0.363 e. The van der Waals surface area contributed by atoms with Crippen molar-refractivity contribution >= 4 is 11.6 Å². The number of aromatic nitrogens is 1. The number of hydrogen-bond acceptors (Lipinski definition) is 4. The third kappa shape index (κ3) is 1.77. The van der Waals surface area contributed by atoms with E-state index < -0.39 is 0 Å². The van der Waals surface area contributed by atoms with Gasteiger partial charge in [-0.1, -0.05) is 5.16 Å². The van der Waals surface area contributed by atoms with Crippen molar-refractivity contribution in [1.29, 1.82) is 0 Å². The Kier molecular flexibility index (Phi) is 2.49. The van der Waals surface area contributed by atoms with E-state index in [-0.39, 0.29) is 11.8 Å². The summed E-state index contributed by atoms with van der Waals surface area (Å²) in [4.78, 5) is 11.5. The summed E-state index contributed by atoms with van der Waals surface area (Å²) in [5, 5.41) is 9.39. The van der Waals surface area contributed by atoms with Gasteiger partial charge in [0.05, 0.1) is 6.20 Å². The number of nitrogens with zero attached hydrogens (tertiary/aromatic N) is 1. The third-order valence-corrected chi connectivity index (χ3v) is 2.62. The van der Waals surface area contributed by atoms with Crippen molar-refractivity contribution in [2.75, 3.05) is 12.4 Å². The van der Waals surface area contributed by atoms with E-state index in [9.17, 15) is 4.79 Å². The fourth-order valence-electron chi connectivity index (χ4n) is 1.58. The zero-order valence-electron chi connectivity index (χ0n) is 7.99. The summed E-state index contributed by atoms with van der Waals surface area (Å²) in [7, 11) is 1.92. The van der Waals surface area contributed by atoms with Crippen molar-refractivity contribution in [3.05, 3.63) is 12.5 Å². The minimum atomic E-state index is 0.0553. The van der Waals surface area contributed by atoms with Gasteiger partial charge in [-0.05, 0) is 19.9 Å². The summed E-state index contributed by atoms with van der Waals surface area (Å²) in [5.74, 6) is 0.182. The van der Waals surface area contributed by atoms with Gasteiger partial charge in [-0.15, -0.1) is 0 Å². The quantitative estimate of drug-likeness (QED) is 0.741. The highest BCUT2D eigenvalue weighted by Gasteiger charge is 2.33. The second-order valence-corrected chi connectivity index (χ2v) is 3.56. The van der Waals surface area contributed by atoms with Crippen molar-refractivity contribution in [1.82, 2.24) is 10.5 Å². The normalized spacial score (nSPS) is 25.5. The van der Waals surface area contributed by atoms with Gasteiger partial charge in [0.25, 0.3) is 0 Å². The number of hydrogen-bond donors (Lipinski definition) is 2. The molecule has 2 N–H and O–H groups in total. The Morgan fingerprint density at radius 3 is 3.00 bits per heavy atom. The minimum Gasteiger partial charge on any atom is -0.363 e. The first-order chi connectivity index (χ1) is 6.79. The number of anilines is 1. The van der Waals surface area contributed by atoms with Crippen molar-refractivity contribution in [2.45, 2.75) is 18.9 Å². The average molecular weight is 195 g/mol. The van der Waals surface area contributed by atoms with Crippen LogP contribution in [0.25, 0.3) is 0 Å². The van der Waals surface area contributed by atoms with Gasteiger partial charge in [0.2, 0.25) is 5.91 Å². The van der Waals surface area contributed by atoms with Gasteiger partial charge < -0.3 is 15.2 Å². The Morgan fingerprint density at radius 2 is 2.43 bits per heavy atom. The first kappa shape index (κ1) is 9.21. The SMILES string of the molecule is CNC1CC(C(=O)Nc2cnoc2)C1. The lowest BCUT2D eigenvalue weighted by Crippen LogP contribution is -2.44. The van der Waals surface area contributed by atoms with Gasteiger partial charge in [0, 0.05) is 12.0 Å². The van der Waals surface area contributed by atoms with Gasteiger partial charge in [-0.2, -0.15) is 0 Å². The molecule has 0 unspecified atom stereocenters. The fourth-order valence-corrected chi connectivity index (χ4v) is 1.58. The summed E-state index contributed by atoms with van der Waals surface area (Å²) >= 11 is 0. The van der Waals surface area contributed by atoms with Gasteiger partial charge in [0.15, 0.2) is 0 Å². The Morgan fingerprint density at radius 1 is 1.64 bits per heavy atom. The molecule has 5 nitrogen and oxygen atoms in total. The van der Waals surface area contributed by atoms with E-state index in [1.807, 2.05) is 7.05 Å². The van der Waals surface area contributed by atoms with Gasteiger partial charge in [-0.25, -0.2) is 0 Å². The number of carbonyl (C=O) groups excluding carboxylic acids is 1. The van der Waals surface area contributed by atoms with Crippen LogP contribution in [0.5, 0.6) is 0 Å². The van der Waals surface area contributed by atoms with Crippen LogP contribution in [0.15, 0.2) is 17.0 Å². The number of rotatable bonds is 3. The summed E-state index contributed by atoms with van der Waals surface area (Å²) < 4.78 is 4.61. The van der Waals surface area contributed by atoms with Crippen LogP contribution in [0.2, 0.25) is 0 Å². The van der Waals surface area contributed by atoms with Gasteiger partial charge in [-0.3, -0.25) is 4.79 Å². The van der Waals surface area contributed by atoms with E-state index in [1.165, 1.54) is 12.5 Å². The second kappa shape index (κ2) is 3.79. The predicted octanol–water partition coefficient (Wildman–Crippen LogP) is 0.611. The monoisotopic (exact) mass is 195 g/mol. The van der Waals surface area contributed by atoms with Crippen LogP contribution in [0.4, 0.5) is 5.69 Å². The standard InChI is InChI=1S/C9H13N3O2/c1-10-7-2-6(3-7)9(13)12-8-4-11-14-5-8/h4-7,10H,2-3H2,1H3,(H,12,13). The zero-order valence-corrected chi connectivity index (χ0v) is 7.99. The molecule has 0 saturated heterocycles. The number of nitrogens with one attached hydrogen (secondary N) is 2. The van der Waals surface area contributed by atoms with Crippen molar-refractivity contribution < 1.29 is 9.32 Å². The maximum Gasteiger partial charge on any atom is 0.227 e. The molecule has 2 rings (SSSR count). The lowest BCUT2D eigenvalue weighted by atomic mass is 9.80. The highest BCUT2D eigenvalue weighted by molar-refractivity contribution is 5.92. The van der Waals surface area contributed by atoms with Crippen molar-refractivity contribution in [3.63, 3.8) is 0 Å². The maximum atomic E-state index is 11.5. The van der Waals surface area contributed by atoms with Crippen LogP contribution in [0.1, 0.15) is 12.8 Å². The predicted molar refractivity (Wildman–Crippen MR) is 50.7 cm³/mol. The smallest absolute Gasteiger partial charge is 0.227 e. The molecule has 0 spiro atoms. The van der Waals surface area contributed by atoms with Crippen LogP contribution >= 0.6 is 0 Å². The molecule has 0 radical (unpaired) electrons. The van der Waals surface area contributed by atoms with Crippen LogP contribution in [-0.4, -0.2) is 24.2 Å². The minimum absolute atomic E-state index is 0.0553. The summed E-state index contributed by atoms with van der Waals surface area (Å²) in [6.07, 6.45) is 4.74. The highest BCUT2D eigenvalue weighted by Crippen LogP contribution is 2.28. The molecule has 1 aliphatic carbocycles. The first-order valence-electron chi connectivity index (χ1n) is 4.67. The van der Waals surface area contributed by atoms with E-state index in [0.717, 1.165) is 12.8 Å². The molecule has 1 aromatic heterocycles. The molecule has 1 heterocycles. The highest BCUT2D eigenvalue weighted by atomic mass is 16.5. The number of carbonyl (C=O) groups is 1. The lowest BCUT2D eigenvalue weighted by Gasteiger charge is -2.33. The lowest BCUT2D eigenvalue weighted by molar-refractivity contribution is -0.122. The molecule has 0 bridgehead atoms. The Labute approximate surface area is 81.8 Å². The van der Waals surface area contributed by atoms with Crippen LogP contribution in [-0.2, 0) is 4.79 Å². The van der Waals surface area contributed by atoms with Crippen LogP contribution in [0.3, 0.4) is 0 Å². The molecule has 76 valence electrons. The molecule has 0 aromatic carbocycles. The average Bonchev–Trinajstić information content (AvgIpc) is 2.54. The van der Waals surface area contributed by atoms with Crippen molar-refractivity contribution in [2.24, 2.45) is 5.92 Å². The van der Waals surface area contributed by atoms with Crippen LogP contribution in [0, 0.1) is 5.92 Å². The zero-order chi connectivity index (χ0) is 9.97. The van der Waals surface area contributed by atoms with E-state index >= 15 is 0 Å². The Bertz CT molecular complexity index is 304. The molecule has 1 fully saturated rings. The van der Waals surface area contributed by atoms with E-state index in [1.54, 1.807) is 0 Å². The van der Waals surface area contributed by atoms with E-state index in [0.29, 0.717) is 11.7 Å². The Hall–Kier alpha value is -1.36. The summed E-state index contributed by atoms with van der Waals surface area (Å²) in [6, 6.07) is 0.494.